The highest BCUT2D eigenvalue weighted by atomic mass is 16.5. The van der Waals surface area contributed by atoms with Gasteiger partial charge in [-0.25, -0.2) is 15.0 Å². The number of aromatic nitrogens is 3. The topological polar surface area (TPSA) is 111 Å². The molecule has 1 N–H and O–H groups in total. The summed E-state index contributed by atoms with van der Waals surface area (Å²) in [5, 5.41) is 10.1. The minimum absolute atomic E-state index is 0.00546. The Kier molecular flexibility index (Phi) is 8.39. The fraction of sp³-hybridized carbons (Fsp3) is 0.483. The first-order chi connectivity index (χ1) is 19.1. The van der Waals surface area contributed by atoms with Crippen LogP contribution < -0.4 is 4.74 Å². The van der Waals surface area contributed by atoms with Crippen LogP contribution in [0.4, 0.5) is 0 Å². The number of phenolic OH excluding ortho intramolecular Hbond substituents is 1. The molecule has 3 saturated heterocycles. The molecule has 6 rings (SSSR count). The van der Waals surface area contributed by atoms with E-state index in [2.05, 4.69) is 21.9 Å². The molecule has 0 atom stereocenters. The number of Topliss-reactive ketones (excluding diaryl/α,β-unsaturated/α-hetero) is 1. The molecule has 39 heavy (non-hydrogen) atoms. The maximum absolute atomic E-state index is 12.4. The summed E-state index contributed by atoms with van der Waals surface area (Å²) in [7, 11) is 0. The Morgan fingerprint density at radius 3 is 2.13 bits per heavy atom. The molecule has 0 unspecified atom stereocenters. The molecule has 0 amide bonds. The second kappa shape index (κ2) is 12.3. The molecule has 10 heteroatoms. The van der Waals surface area contributed by atoms with Gasteiger partial charge < -0.3 is 24.5 Å². The van der Waals surface area contributed by atoms with Gasteiger partial charge in [0.15, 0.2) is 5.82 Å². The van der Waals surface area contributed by atoms with Crippen molar-refractivity contribution in [2.24, 2.45) is 0 Å². The Balaban J connectivity index is 0.000000162. The summed E-state index contributed by atoms with van der Waals surface area (Å²) in [6.07, 6.45) is 11.7. The molecular weight excluding hydrogens is 496 g/mol. The number of aromatic hydroxyl groups is 1. The maximum Gasteiger partial charge on any atom is 0.227 e. The first kappa shape index (κ1) is 26.6. The van der Waals surface area contributed by atoms with Crippen LogP contribution in [0.1, 0.15) is 45.4 Å². The number of ether oxygens (including phenoxy) is 1. The number of carbonyl (C=O) groups excluding carboxylic acids is 2. The highest BCUT2D eigenvalue weighted by Gasteiger charge is 2.43. The lowest BCUT2D eigenvalue weighted by Crippen LogP contribution is -2.29. The van der Waals surface area contributed by atoms with E-state index < -0.39 is 0 Å². The number of rotatable bonds is 12. The van der Waals surface area contributed by atoms with Gasteiger partial charge in [0.2, 0.25) is 11.6 Å². The van der Waals surface area contributed by atoms with Crippen LogP contribution in [0.15, 0.2) is 54.0 Å². The largest absolute Gasteiger partial charge is 0.507 e. The summed E-state index contributed by atoms with van der Waals surface area (Å²) >= 11 is 0. The summed E-state index contributed by atoms with van der Waals surface area (Å²) in [6.45, 7) is 8.30. The van der Waals surface area contributed by atoms with Gasteiger partial charge in [-0.2, -0.15) is 0 Å². The van der Waals surface area contributed by atoms with Crippen LogP contribution in [0.5, 0.6) is 11.5 Å². The number of benzene rings is 1. The first-order valence-corrected chi connectivity index (χ1v) is 13.9. The zero-order valence-electron chi connectivity index (χ0n) is 22.5. The third kappa shape index (κ3) is 6.93. The van der Waals surface area contributed by atoms with E-state index in [1.807, 2.05) is 20.8 Å². The van der Waals surface area contributed by atoms with E-state index in [4.69, 9.17) is 4.74 Å². The Morgan fingerprint density at radius 1 is 0.846 bits per heavy atom. The van der Waals surface area contributed by atoms with Crippen molar-refractivity contribution in [3.8, 4) is 22.9 Å². The number of phenols is 1. The molecule has 4 heterocycles. The molecule has 2 aromatic rings. The molecule has 3 fully saturated rings. The van der Waals surface area contributed by atoms with Gasteiger partial charge in [0.25, 0.3) is 0 Å². The first-order valence-electron chi connectivity index (χ1n) is 13.9. The van der Waals surface area contributed by atoms with Gasteiger partial charge in [0.1, 0.15) is 35.5 Å². The van der Waals surface area contributed by atoms with Gasteiger partial charge in [0.05, 0.1) is 17.9 Å². The molecule has 3 aliphatic heterocycles. The Labute approximate surface area is 229 Å². The molecule has 0 spiro atoms. The number of hydrogen-bond donors (Lipinski definition) is 1. The Morgan fingerprint density at radius 2 is 1.49 bits per heavy atom. The van der Waals surface area contributed by atoms with Gasteiger partial charge in [-0.1, -0.05) is 39.0 Å². The van der Waals surface area contributed by atoms with Crippen LogP contribution in [-0.2, 0) is 9.59 Å². The number of ketones is 2. The lowest BCUT2D eigenvalue weighted by atomic mass is 10.0. The number of nitrogens with zero attached hydrogens (tertiary/aromatic N) is 6. The molecule has 4 aliphatic rings. The van der Waals surface area contributed by atoms with Crippen LogP contribution in [-0.4, -0.2) is 92.2 Å². The van der Waals surface area contributed by atoms with Gasteiger partial charge in [-0.05, 0) is 18.6 Å². The minimum Gasteiger partial charge on any atom is -0.507 e. The Hall–Kier alpha value is -3.95. The average Bonchev–Trinajstić information content (AvgIpc) is 3.77. The van der Waals surface area contributed by atoms with E-state index in [9.17, 15) is 14.7 Å². The van der Waals surface area contributed by atoms with Gasteiger partial charge in [-0.15, -0.1) is 0 Å². The third-order valence-corrected chi connectivity index (χ3v) is 6.96. The molecule has 0 saturated carbocycles. The van der Waals surface area contributed by atoms with Crippen molar-refractivity contribution in [2.75, 3.05) is 45.9 Å². The van der Waals surface area contributed by atoms with Crippen molar-refractivity contribution in [1.29, 1.82) is 0 Å². The normalized spacial score (nSPS) is 17.6. The lowest BCUT2D eigenvalue weighted by molar-refractivity contribution is -0.117. The number of carbonyl (C=O) groups is 2. The van der Waals surface area contributed by atoms with Gasteiger partial charge in [0, 0.05) is 51.4 Å². The van der Waals surface area contributed by atoms with Crippen molar-refractivity contribution in [1.82, 2.24) is 29.7 Å². The van der Waals surface area contributed by atoms with Crippen LogP contribution in [0.2, 0.25) is 0 Å². The summed E-state index contributed by atoms with van der Waals surface area (Å²) in [5.41, 5.74) is 2.46. The molecular formula is C29H36N6O4. The van der Waals surface area contributed by atoms with Gasteiger partial charge in [-0.3, -0.25) is 9.59 Å². The third-order valence-electron chi connectivity index (χ3n) is 6.96. The summed E-state index contributed by atoms with van der Waals surface area (Å²) in [4.78, 5) is 42.3. The fourth-order valence-electron chi connectivity index (χ4n) is 4.52. The van der Waals surface area contributed by atoms with Crippen molar-refractivity contribution in [2.45, 2.75) is 45.4 Å². The average molecular weight is 533 g/mol. The SMILES string of the molecule is CCCCCCCCOc1ccc(-c2ncncn2)c(O)c1.O=C1C=C(N2CC2)C(=O)C(N2CC2)=C1N1CC1. The Bertz CT molecular complexity index is 1250. The van der Waals surface area contributed by atoms with Crippen molar-refractivity contribution in [3.63, 3.8) is 0 Å². The molecule has 1 aromatic heterocycles. The van der Waals surface area contributed by atoms with E-state index >= 15 is 0 Å². The molecule has 0 bridgehead atoms. The van der Waals surface area contributed by atoms with E-state index in [0.29, 0.717) is 40.8 Å². The molecule has 1 aliphatic carbocycles. The zero-order valence-corrected chi connectivity index (χ0v) is 22.5. The summed E-state index contributed by atoms with van der Waals surface area (Å²) in [6, 6.07) is 5.20. The zero-order chi connectivity index (χ0) is 27.2. The minimum atomic E-state index is 0.00546. The van der Waals surface area contributed by atoms with Crippen LogP contribution >= 0.6 is 0 Å². The second-order valence-corrected chi connectivity index (χ2v) is 10.1. The van der Waals surface area contributed by atoms with Crippen LogP contribution in [0, 0.1) is 0 Å². The predicted molar refractivity (Wildman–Crippen MR) is 146 cm³/mol. The molecule has 206 valence electrons. The number of hydrogen-bond acceptors (Lipinski definition) is 10. The monoisotopic (exact) mass is 532 g/mol. The fourth-order valence-corrected chi connectivity index (χ4v) is 4.52. The molecule has 10 nitrogen and oxygen atoms in total. The molecule has 0 radical (unpaired) electrons. The summed E-state index contributed by atoms with van der Waals surface area (Å²) < 4.78 is 5.67. The smallest absolute Gasteiger partial charge is 0.227 e. The van der Waals surface area contributed by atoms with E-state index in [-0.39, 0.29) is 17.3 Å². The standard InChI is InChI=1S/C17H23N3O2.C12H13N3O2/c1-2-3-4-5-6-7-10-22-14-8-9-15(16(21)11-14)17-19-12-18-13-20-17;16-9-7-8(13-1-2-13)12(17)11(15-5-6-15)10(9)14-3-4-14/h8-9,11-13,21H,2-7,10H2,1H3;7H,1-6H2. The van der Waals surface area contributed by atoms with E-state index in [0.717, 1.165) is 45.7 Å². The highest BCUT2D eigenvalue weighted by molar-refractivity contribution is 6.22. The maximum atomic E-state index is 12.4. The quantitative estimate of drug-likeness (QED) is 0.249. The predicted octanol–water partition coefficient (Wildman–Crippen LogP) is 3.16. The van der Waals surface area contributed by atoms with Gasteiger partial charge >= 0.3 is 0 Å². The second-order valence-electron chi connectivity index (χ2n) is 10.1. The van der Waals surface area contributed by atoms with Crippen LogP contribution in [0.25, 0.3) is 11.4 Å². The lowest BCUT2D eigenvalue weighted by Gasteiger charge is -2.21. The number of allylic oxidation sites excluding steroid dienone is 1. The number of unbranched alkanes of at least 4 members (excludes halogenated alkanes) is 5. The van der Waals surface area contributed by atoms with E-state index in [1.165, 1.54) is 50.8 Å². The molecule has 1 aromatic carbocycles. The van der Waals surface area contributed by atoms with Crippen molar-refractivity contribution >= 4 is 11.6 Å². The van der Waals surface area contributed by atoms with Crippen molar-refractivity contribution < 1.29 is 19.4 Å². The van der Waals surface area contributed by atoms with Crippen LogP contribution in [0.3, 0.4) is 0 Å². The highest BCUT2D eigenvalue weighted by Crippen LogP contribution is 2.34. The summed E-state index contributed by atoms with van der Waals surface area (Å²) in [5.74, 6) is 1.29. The van der Waals surface area contributed by atoms with Crippen molar-refractivity contribution in [3.05, 3.63) is 54.0 Å². The van der Waals surface area contributed by atoms with E-state index in [1.54, 1.807) is 12.1 Å².